The number of halogens is 1. The van der Waals surface area contributed by atoms with E-state index in [1.807, 2.05) is 18.7 Å². The van der Waals surface area contributed by atoms with Gasteiger partial charge in [0.15, 0.2) is 0 Å². The predicted molar refractivity (Wildman–Crippen MR) is 91.9 cm³/mol. The summed E-state index contributed by atoms with van der Waals surface area (Å²) in [6.45, 7) is 5.97. The van der Waals surface area contributed by atoms with Crippen LogP contribution in [0.5, 0.6) is 0 Å². The van der Waals surface area contributed by atoms with Crippen molar-refractivity contribution in [2.45, 2.75) is 39.5 Å². The molecule has 0 unspecified atom stereocenters. The van der Waals surface area contributed by atoms with Crippen molar-refractivity contribution in [3.63, 3.8) is 0 Å². The number of nitrogens with one attached hydrogen (secondary N) is 1. The third-order valence-electron chi connectivity index (χ3n) is 4.43. The van der Waals surface area contributed by atoms with E-state index in [1.165, 1.54) is 12.1 Å². The van der Waals surface area contributed by atoms with Crippen molar-refractivity contribution in [1.29, 1.82) is 0 Å². The maximum absolute atomic E-state index is 12.8. The summed E-state index contributed by atoms with van der Waals surface area (Å²) in [6.07, 6.45) is 2.73. The normalized spacial score (nSPS) is 15.6. The Morgan fingerprint density at radius 1 is 1.21 bits per heavy atom. The van der Waals surface area contributed by atoms with E-state index in [1.54, 1.807) is 12.1 Å². The van der Waals surface area contributed by atoms with Crippen LogP contribution < -0.4 is 5.32 Å². The van der Waals surface area contributed by atoms with Gasteiger partial charge in [-0.3, -0.25) is 9.59 Å². The summed E-state index contributed by atoms with van der Waals surface area (Å²) < 4.78 is 12.8. The fourth-order valence-corrected chi connectivity index (χ4v) is 2.99. The van der Waals surface area contributed by atoms with Crippen LogP contribution in [0.2, 0.25) is 0 Å². The van der Waals surface area contributed by atoms with Crippen LogP contribution in [0.1, 0.15) is 38.7 Å². The minimum Gasteiger partial charge on any atom is -0.356 e. The van der Waals surface area contributed by atoms with Gasteiger partial charge in [-0.2, -0.15) is 0 Å². The molecule has 0 radical (unpaired) electrons. The Morgan fingerprint density at radius 2 is 1.83 bits per heavy atom. The summed E-state index contributed by atoms with van der Waals surface area (Å²) in [4.78, 5) is 26.1. The Bertz CT molecular complexity index is 549. The number of nitrogens with zero attached hydrogens (tertiary/aromatic N) is 1. The highest BCUT2D eigenvalue weighted by Gasteiger charge is 2.27. The summed E-state index contributed by atoms with van der Waals surface area (Å²) in [5, 5.41) is 2.96. The summed E-state index contributed by atoms with van der Waals surface area (Å²) in [6, 6.07) is 6.34. The maximum atomic E-state index is 12.8. The topological polar surface area (TPSA) is 49.4 Å². The molecule has 0 aliphatic carbocycles. The lowest BCUT2D eigenvalue weighted by atomic mass is 9.95. The summed E-state index contributed by atoms with van der Waals surface area (Å²) in [7, 11) is 0. The van der Waals surface area contributed by atoms with Gasteiger partial charge >= 0.3 is 0 Å². The van der Waals surface area contributed by atoms with Gasteiger partial charge in [0, 0.05) is 32.0 Å². The lowest BCUT2D eigenvalue weighted by molar-refractivity contribution is -0.136. The number of likely N-dealkylation sites (tertiary alicyclic amines) is 1. The first kappa shape index (κ1) is 18.4. The van der Waals surface area contributed by atoms with E-state index in [0.29, 0.717) is 38.4 Å². The lowest BCUT2D eigenvalue weighted by Gasteiger charge is -2.31. The molecular weight excluding hydrogens is 307 g/mol. The first-order valence-electron chi connectivity index (χ1n) is 8.75. The van der Waals surface area contributed by atoms with Crippen LogP contribution in [0.15, 0.2) is 24.3 Å². The standard InChI is InChI=1S/C19H27FN2O2/c1-14(2)13-18(23)22-11-8-16(9-12-22)19(24)21-10-7-15-3-5-17(20)6-4-15/h3-6,14,16H,7-13H2,1-2H3,(H,21,24). The summed E-state index contributed by atoms with van der Waals surface area (Å²) in [5.41, 5.74) is 1.01. The highest BCUT2D eigenvalue weighted by atomic mass is 19.1. The smallest absolute Gasteiger partial charge is 0.223 e. The molecule has 0 saturated carbocycles. The molecule has 2 rings (SSSR count). The van der Waals surface area contributed by atoms with E-state index in [-0.39, 0.29) is 23.5 Å². The zero-order chi connectivity index (χ0) is 17.5. The largest absolute Gasteiger partial charge is 0.356 e. The number of amides is 2. The van der Waals surface area contributed by atoms with Crippen molar-refractivity contribution in [1.82, 2.24) is 10.2 Å². The number of carbonyl (C=O) groups is 2. The molecule has 0 aromatic heterocycles. The Labute approximate surface area is 143 Å². The Balaban J connectivity index is 1.69. The first-order chi connectivity index (χ1) is 11.5. The Hall–Kier alpha value is -1.91. The molecule has 1 N–H and O–H groups in total. The molecular formula is C19H27FN2O2. The van der Waals surface area contributed by atoms with Crippen LogP contribution in [0.25, 0.3) is 0 Å². The van der Waals surface area contributed by atoms with Crippen LogP contribution in [0, 0.1) is 17.7 Å². The molecule has 1 heterocycles. The number of hydrogen-bond donors (Lipinski definition) is 1. The van der Waals surface area contributed by atoms with Crippen molar-refractivity contribution in [2.24, 2.45) is 11.8 Å². The van der Waals surface area contributed by atoms with E-state index < -0.39 is 0 Å². The van der Waals surface area contributed by atoms with Crippen LogP contribution in [-0.2, 0) is 16.0 Å². The van der Waals surface area contributed by atoms with Gasteiger partial charge in [-0.25, -0.2) is 4.39 Å². The highest BCUT2D eigenvalue weighted by Crippen LogP contribution is 2.19. The van der Waals surface area contributed by atoms with E-state index in [0.717, 1.165) is 18.4 Å². The summed E-state index contributed by atoms with van der Waals surface area (Å²) >= 11 is 0. The quantitative estimate of drug-likeness (QED) is 0.870. The van der Waals surface area contributed by atoms with E-state index in [2.05, 4.69) is 5.32 Å². The molecule has 1 fully saturated rings. The molecule has 1 saturated heterocycles. The van der Waals surface area contributed by atoms with Gasteiger partial charge in [-0.15, -0.1) is 0 Å². The average molecular weight is 334 g/mol. The summed E-state index contributed by atoms with van der Waals surface area (Å²) in [5.74, 6) is 0.362. The minimum absolute atomic E-state index is 0.0127. The van der Waals surface area contributed by atoms with Gasteiger partial charge in [-0.1, -0.05) is 26.0 Å². The maximum Gasteiger partial charge on any atom is 0.223 e. The molecule has 24 heavy (non-hydrogen) atoms. The lowest BCUT2D eigenvalue weighted by Crippen LogP contribution is -2.43. The number of carbonyl (C=O) groups excluding carboxylic acids is 2. The fourth-order valence-electron chi connectivity index (χ4n) is 2.99. The average Bonchev–Trinajstić information content (AvgIpc) is 2.56. The number of benzene rings is 1. The Morgan fingerprint density at radius 3 is 2.42 bits per heavy atom. The zero-order valence-electron chi connectivity index (χ0n) is 14.6. The van der Waals surface area contributed by atoms with Crippen molar-refractivity contribution in [2.75, 3.05) is 19.6 Å². The molecule has 1 aliphatic rings. The fraction of sp³-hybridized carbons (Fsp3) is 0.579. The van der Waals surface area contributed by atoms with Gasteiger partial charge < -0.3 is 10.2 Å². The number of hydrogen-bond acceptors (Lipinski definition) is 2. The predicted octanol–water partition coefficient (Wildman–Crippen LogP) is 2.77. The number of piperidine rings is 1. The molecule has 0 spiro atoms. The molecule has 1 aromatic rings. The van der Waals surface area contributed by atoms with Crippen molar-refractivity contribution in [3.05, 3.63) is 35.6 Å². The molecule has 0 atom stereocenters. The molecule has 1 aromatic carbocycles. The monoisotopic (exact) mass is 334 g/mol. The van der Waals surface area contributed by atoms with Crippen LogP contribution >= 0.6 is 0 Å². The van der Waals surface area contributed by atoms with E-state index >= 15 is 0 Å². The molecule has 4 nitrogen and oxygen atoms in total. The van der Waals surface area contributed by atoms with Gasteiger partial charge in [0.1, 0.15) is 5.82 Å². The van der Waals surface area contributed by atoms with Crippen molar-refractivity contribution >= 4 is 11.8 Å². The molecule has 132 valence electrons. The molecule has 0 bridgehead atoms. The van der Waals surface area contributed by atoms with Gasteiger partial charge in [0.05, 0.1) is 0 Å². The zero-order valence-corrected chi connectivity index (χ0v) is 14.6. The minimum atomic E-state index is -0.249. The Kier molecular flexibility index (Phi) is 6.76. The third-order valence-corrected chi connectivity index (χ3v) is 4.43. The third kappa shape index (κ3) is 5.62. The van der Waals surface area contributed by atoms with E-state index in [4.69, 9.17) is 0 Å². The van der Waals surface area contributed by atoms with Gasteiger partial charge in [0.2, 0.25) is 11.8 Å². The van der Waals surface area contributed by atoms with Crippen LogP contribution in [0.3, 0.4) is 0 Å². The second-order valence-electron chi connectivity index (χ2n) is 6.92. The highest BCUT2D eigenvalue weighted by molar-refractivity contribution is 5.80. The van der Waals surface area contributed by atoms with Crippen LogP contribution in [-0.4, -0.2) is 36.3 Å². The number of rotatable bonds is 6. The van der Waals surface area contributed by atoms with Gasteiger partial charge in [0.25, 0.3) is 0 Å². The van der Waals surface area contributed by atoms with Gasteiger partial charge in [-0.05, 0) is 42.9 Å². The second kappa shape index (κ2) is 8.81. The first-order valence-corrected chi connectivity index (χ1v) is 8.75. The van der Waals surface area contributed by atoms with Crippen LogP contribution in [0.4, 0.5) is 4.39 Å². The molecule has 1 aliphatic heterocycles. The van der Waals surface area contributed by atoms with Crippen molar-refractivity contribution in [3.8, 4) is 0 Å². The molecule has 2 amide bonds. The van der Waals surface area contributed by atoms with E-state index in [9.17, 15) is 14.0 Å². The second-order valence-corrected chi connectivity index (χ2v) is 6.92. The van der Waals surface area contributed by atoms with Crippen molar-refractivity contribution < 1.29 is 14.0 Å². The SMILES string of the molecule is CC(C)CC(=O)N1CCC(C(=O)NCCc2ccc(F)cc2)CC1. The molecule has 5 heteroatoms.